The van der Waals surface area contributed by atoms with E-state index in [1.165, 1.54) is 19.0 Å². The number of carbonyl (C=O) groups excluding carboxylic acids is 3. The number of primary amides is 1. The first-order chi connectivity index (χ1) is 21.1. The van der Waals surface area contributed by atoms with Gasteiger partial charge in [0.1, 0.15) is 22.8 Å². The van der Waals surface area contributed by atoms with E-state index < -0.39 is 98.7 Å². The molecule has 0 heterocycles. The average Bonchev–Trinajstić information content (AvgIpc) is 2.95. The SMILES string of the molecule is CO[C@@]12C(=O)C(C(N)=O)=C(O)[C@@H](N(C)C)[C@@H]1C[C@@H]1Cc3c(c(O)cc(CNC(C)c4ccccc4)c3C(F)(F)F)C(=O)C1=C2O. The molecule has 6 N–H and O–H groups in total. The van der Waals surface area contributed by atoms with Gasteiger partial charge in [0.05, 0.1) is 17.2 Å². The number of amides is 1. The highest BCUT2D eigenvalue weighted by Crippen LogP contribution is 2.55. The van der Waals surface area contributed by atoms with Crippen LogP contribution in [0, 0.1) is 11.8 Å². The van der Waals surface area contributed by atoms with E-state index in [2.05, 4.69) is 5.32 Å². The first-order valence-corrected chi connectivity index (χ1v) is 14.3. The van der Waals surface area contributed by atoms with Crippen LogP contribution in [0.15, 0.2) is 59.1 Å². The molecule has 5 rings (SSSR count). The average molecular weight is 630 g/mol. The summed E-state index contributed by atoms with van der Waals surface area (Å²) in [5.74, 6) is -8.00. The van der Waals surface area contributed by atoms with Gasteiger partial charge < -0.3 is 31.1 Å². The number of likely N-dealkylation sites (N-methyl/N-ethyl adjacent to an activating group) is 1. The summed E-state index contributed by atoms with van der Waals surface area (Å²) >= 11 is 0. The van der Waals surface area contributed by atoms with Gasteiger partial charge in [-0.1, -0.05) is 30.3 Å². The van der Waals surface area contributed by atoms with E-state index in [0.717, 1.165) is 18.7 Å². The van der Waals surface area contributed by atoms with Crippen LogP contribution < -0.4 is 11.1 Å². The number of fused-ring (bicyclic) bond motifs is 3. The topological polar surface area (TPSA) is 162 Å². The van der Waals surface area contributed by atoms with Crippen molar-refractivity contribution in [3.05, 3.63) is 86.9 Å². The number of allylic oxidation sites excluding steroid dienone is 1. The number of aromatic hydroxyl groups is 1. The summed E-state index contributed by atoms with van der Waals surface area (Å²) in [4.78, 5) is 41.4. The van der Waals surface area contributed by atoms with Crippen LogP contribution in [0.4, 0.5) is 13.2 Å². The third-order valence-corrected chi connectivity index (χ3v) is 9.28. The number of methoxy groups -OCH3 is 1. The maximum absolute atomic E-state index is 14.8. The number of nitrogens with zero attached hydrogens (tertiary/aromatic N) is 1. The number of benzene rings is 2. The molecular formula is C32H34F3N3O7. The van der Waals surface area contributed by atoms with Gasteiger partial charge in [0.2, 0.25) is 5.78 Å². The molecule has 3 aliphatic rings. The van der Waals surface area contributed by atoms with E-state index >= 15 is 0 Å². The Hall–Kier alpha value is -4.20. The monoisotopic (exact) mass is 629 g/mol. The van der Waals surface area contributed by atoms with Crippen LogP contribution in [0.2, 0.25) is 0 Å². The van der Waals surface area contributed by atoms with Crippen LogP contribution in [-0.2, 0) is 33.5 Å². The molecule has 0 radical (unpaired) electrons. The summed E-state index contributed by atoms with van der Waals surface area (Å²) in [5, 5.41) is 36.7. The smallest absolute Gasteiger partial charge is 0.417 e. The summed E-state index contributed by atoms with van der Waals surface area (Å²) in [6, 6.07) is 8.50. The molecule has 45 heavy (non-hydrogen) atoms. The number of rotatable bonds is 7. The Bertz CT molecular complexity index is 1650. The number of ketones is 2. The van der Waals surface area contributed by atoms with Gasteiger partial charge in [-0.15, -0.1) is 0 Å². The number of phenols is 1. The van der Waals surface area contributed by atoms with Crippen molar-refractivity contribution < 1.29 is 47.6 Å². The third-order valence-electron chi connectivity index (χ3n) is 9.28. The van der Waals surface area contributed by atoms with Gasteiger partial charge in [-0.25, -0.2) is 0 Å². The summed E-state index contributed by atoms with van der Waals surface area (Å²) in [6.45, 7) is 1.51. The van der Waals surface area contributed by atoms with Crippen molar-refractivity contribution in [2.24, 2.45) is 17.6 Å². The van der Waals surface area contributed by atoms with Gasteiger partial charge >= 0.3 is 6.18 Å². The Morgan fingerprint density at radius 1 is 1.18 bits per heavy atom. The number of halogens is 3. The minimum atomic E-state index is -4.91. The fourth-order valence-corrected chi connectivity index (χ4v) is 7.33. The second kappa shape index (κ2) is 11.3. The van der Waals surface area contributed by atoms with Crippen LogP contribution in [0.25, 0.3) is 0 Å². The van der Waals surface area contributed by atoms with E-state index in [0.29, 0.717) is 0 Å². The lowest BCUT2D eigenvalue weighted by Gasteiger charge is -2.51. The molecule has 10 nitrogen and oxygen atoms in total. The Morgan fingerprint density at radius 2 is 1.82 bits per heavy atom. The molecule has 2 aromatic carbocycles. The Morgan fingerprint density at radius 3 is 2.38 bits per heavy atom. The molecule has 0 saturated carbocycles. The van der Waals surface area contributed by atoms with Crippen LogP contribution in [0.1, 0.15) is 52.0 Å². The van der Waals surface area contributed by atoms with Gasteiger partial charge in [0.15, 0.2) is 11.4 Å². The molecule has 0 aliphatic heterocycles. The van der Waals surface area contributed by atoms with E-state index in [9.17, 15) is 42.9 Å². The molecule has 13 heteroatoms. The van der Waals surface area contributed by atoms with Crippen molar-refractivity contribution in [1.82, 2.24) is 10.2 Å². The lowest BCUT2D eigenvalue weighted by atomic mass is 9.58. The van der Waals surface area contributed by atoms with Crippen molar-refractivity contribution in [1.29, 1.82) is 0 Å². The predicted molar refractivity (Wildman–Crippen MR) is 155 cm³/mol. The number of ether oxygens (including phenoxy) is 1. The zero-order chi connectivity index (χ0) is 33.2. The van der Waals surface area contributed by atoms with E-state index in [4.69, 9.17) is 10.5 Å². The number of nitrogens with two attached hydrogens (primary N) is 1. The first kappa shape index (κ1) is 32.2. The summed E-state index contributed by atoms with van der Waals surface area (Å²) in [6.07, 6.45) is -5.51. The molecular weight excluding hydrogens is 595 g/mol. The fraction of sp³-hybridized carbons (Fsp3) is 0.406. The number of carbonyl (C=O) groups is 3. The number of nitrogens with one attached hydrogen (secondary N) is 1. The number of alkyl halides is 3. The van der Waals surface area contributed by atoms with Crippen molar-refractivity contribution in [2.45, 2.75) is 50.2 Å². The first-order valence-electron chi connectivity index (χ1n) is 14.3. The van der Waals surface area contributed by atoms with E-state index in [1.807, 2.05) is 18.2 Å². The van der Waals surface area contributed by atoms with Crippen molar-refractivity contribution in [2.75, 3.05) is 21.2 Å². The number of hydrogen-bond donors (Lipinski definition) is 5. The molecule has 0 spiro atoms. The second-order valence-electron chi connectivity index (χ2n) is 11.9. The van der Waals surface area contributed by atoms with Crippen molar-refractivity contribution >= 4 is 17.5 Å². The summed E-state index contributed by atoms with van der Waals surface area (Å²) < 4.78 is 49.9. The van der Waals surface area contributed by atoms with Gasteiger partial charge in [0, 0.05) is 31.2 Å². The zero-order valence-corrected chi connectivity index (χ0v) is 25.0. The molecule has 0 saturated heterocycles. The second-order valence-corrected chi connectivity index (χ2v) is 11.9. The minimum absolute atomic E-state index is 0.186. The standard InChI is InChI=1S/C32H34F3N3O7/c1-14(15-8-6-5-7-9-15)37-13-17-12-20(39)22-18(24(17)32(33,34)35)10-16-11-19-25(38(2)3)27(41)23(30(36)44)29(43)31(19,45-4)28(42)21(16)26(22)40/h5-9,12,14,16,19,25,37,39,41-42H,10-11,13H2,1-4H3,(H2,36,44)/t14?,16-,19-,25-,31-/m0/s1. The highest BCUT2D eigenvalue weighted by Gasteiger charge is 2.64. The third kappa shape index (κ3) is 4.89. The summed E-state index contributed by atoms with van der Waals surface area (Å²) in [5.41, 5.74) is 0.309. The normalized spacial score (nSPS) is 25.6. The number of aliphatic hydroxyl groups excluding tert-OH is 2. The van der Waals surface area contributed by atoms with Crippen molar-refractivity contribution in [3.63, 3.8) is 0 Å². The maximum atomic E-state index is 14.8. The highest BCUT2D eigenvalue weighted by atomic mass is 19.4. The van der Waals surface area contributed by atoms with Gasteiger partial charge in [-0.3, -0.25) is 19.3 Å². The lowest BCUT2D eigenvalue weighted by molar-refractivity contribution is -0.154. The van der Waals surface area contributed by atoms with Crippen LogP contribution in [0.5, 0.6) is 5.75 Å². The molecule has 1 amide bonds. The van der Waals surface area contributed by atoms with Gasteiger partial charge in [-0.05, 0) is 62.5 Å². The number of aliphatic hydroxyl groups is 2. The molecule has 1 unspecified atom stereocenters. The number of Topliss-reactive ketones (excluding diaryl/α,β-unsaturated/α-hetero) is 2. The lowest BCUT2D eigenvalue weighted by Crippen LogP contribution is -2.64. The van der Waals surface area contributed by atoms with Crippen molar-refractivity contribution in [3.8, 4) is 5.75 Å². The van der Waals surface area contributed by atoms with E-state index in [-0.39, 0.29) is 24.6 Å². The quantitative estimate of drug-likeness (QED) is 0.288. The maximum Gasteiger partial charge on any atom is 0.417 e. The van der Waals surface area contributed by atoms with Crippen LogP contribution in [-0.4, -0.2) is 70.5 Å². The Balaban J connectivity index is 1.66. The van der Waals surface area contributed by atoms with E-state index in [1.54, 1.807) is 19.1 Å². The molecule has 240 valence electrons. The number of hydrogen-bond acceptors (Lipinski definition) is 9. The molecule has 5 atom stereocenters. The molecule has 0 bridgehead atoms. The van der Waals surface area contributed by atoms with Gasteiger partial charge in [-0.2, -0.15) is 13.2 Å². The molecule has 0 fully saturated rings. The Kier molecular flexibility index (Phi) is 8.09. The largest absolute Gasteiger partial charge is 0.510 e. The zero-order valence-electron chi connectivity index (χ0n) is 25.0. The minimum Gasteiger partial charge on any atom is -0.510 e. The fourth-order valence-electron chi connectivity index (χ4n) is 7.33. The molecule has 0 aromatic heterocycles. The predicted octanol–water partition coefficient (Wildman–Crippen LogP) is 3.64. The van der Waals surface area contributed by atoms with Crippen LogP contribution >= 0.6 is 0 Å². The Labute approximate surface area is 257 Å². The highest BCUT2D eigenvalue weighted by molar-refractivity contribution is 6.25. The summed E-state index contributed by atoms with van der Waals surface area (Å²) in [7, 11) is 4.14. The molecule has 3 aliphatic carbocycles. The number of phenolic OH excluding ortho intramolecular Hbond substituents is 1. The van der Waals surface area contributed by atoms with Gasteiger partial charge in [0.25, 0.3) is 5.91 Å². The molecule has 2 aromatic rings. The van der Waals surface area contributed by atoms with Crippen LogP contribution in [0.3, 0.4) is 0 Å².